The number of aromatic amines is 1. The van der Waals surface area contributed by atoms with E-state index in [9.17, 15) is 4.39 Å². The maximum Gasteiger partial charge on any atom is 0.123 e. The fraction of sp³-hybridized carbons (Fsp3) is 0.222. The number of likely N-dealkylation sites (N-methyl/N-ethyl adjacent to an activating group) is 1. The summed E-state index contributed by atoms with van der Waals surface area (Å²) in [6.07, 6.45) is 1.05. The summed E-state index contributed by atoms with van der Waals surface area (Å²) in [5.41, 5.74) is 4.96. The van der Waals surface area contributed by atoms with Gasteiger partial charge in [-0.1, -0.05) is 30.3 Å². The molecule has 21 heavy (non-hydrogen) atoms. The molecule has 0 spiro atoms. The Morgan fingerprint density at radius 2 is 1.86 bits per heavy atom. The van der Waals surface area contributed by atoms with Crippen LogP contribution in [0.15, 0.2) is 48.5 Å². The number of H-pyrrole nitrogens is 1. The summed E-state index contributed by atoms with van der Waals surface area (Å²) >= 11 is 0. The van der Waals surface area contributed by atoms with Crippen LogP contribution in [0.25, 0.3) is 10.9 Å². The third-order valence-electron chi connectivity index (χ3n) is 4.46. The largest absolute Gasteiger partial charge is 0.357 e. The highest BCUT2D eigenvalue weighted by Crippen LogP contribution is 2.37. The quantitative estimate of drug-likeness (QED) is 0.716. The van der Waals surface area contributed by atoms with Crippen LogP contribution in [0.2, 0.25) is 0 Å². The van der Waals surface area contributed by atoms with E-state index in [4.69, 9.17) is 0 Å². The van der Waals surface area contributed by atoms with Gasteiger partial charge in [-0.25, -0.2) is 4.39 Å². The van der Waals surface area contributed by atoms with Gasteiger partial charge in [-0.15, -0.1) is 0 Å². The maximum absolute atomic E-state index is 13.2. The van der Waals surface area contributed by atoms with Crippen molar-refractivity contribution in [3.63, 3.8) is 0 Å². The molecule has 3 heteroatoms. The van der Waals surface area contributed by atoms with Crippen LogP contribution < -0.4 is 0 Å². The van der Waals surface area contributed by atoms with Crippen LogP contribution in [0.3, 0.4) is 0 Å². The Morgan fingerprint density at radius 1 is 1.10 bits per heavy atom. The zero-order valence-electron chi connectivity index (χ0n) is 11.9. The molecule has 0 radical (unpaired) electrons. The highest BCUT2D eigenvalue weighted by molar-refractivity contribution is 5.85. The summed E-state index contributed by atoms with van der Waals surface area (Å²) in [4.78, 5) is 5.90. The normalized spacial score (nSPS) is 18.9. The van der Waals surface area contributed by atoms with E-state index in [0.717, 1.165) is 18.5 Å². The fourth-order valence-corrected chi connectivity index (χ4v) is 3.43. The Labute approximate surface area is 123 Å². The molecule has 1 N–H and O–H groups in total. The molecule has 0 aliphatic carbocycles. The molecule has 4 rings (SSSR count). The molecule has 3 aromatic rings. The molecule has 0 bridgehead atoms. The van der Waals surface area contributed by atoms with Crippen molar-refractivity contribution in [2.75, 3.05) is 13.6 Å². The molecule has 1 aliphatic rings. The predicted molar refractivity (Wildman–Crippen MR) is 82.9 cm³/mol. The van der Waals surface area contributed by atoms with Crippen molar-refractivity contribution in [1.29, 1.82) is 0 Å². The Hall–Kier alpha value is -2.13. The van der Waals surface area contributed by atoms with Gasteiger partial charge in [-0.05, 0) is 42.8 Å². The molecule has 1 aromatic heterocycles. The number of nitrogens with one attached hydrogen (secondary N) is 1. The second kappa shape index (κ2) is 4.71. The molecule has 1 unspecified atom stereocenters. The lowest BCUT2D eigenvalue weighted by molar-refractivity contribution is 0.261. The lowest BCUT2D eigenvalue weighted by Crippen LogP contribution is -2.32. The number of rotatable bonds is 1. The highest BCUT2D eigenvalue weighted by atomic mass is 19.1. The molecule has 2 nitrogen and oxygen atoms in total. The Balaban J connectivity index is 1.90. The third kappa shape index (κ3) is 1.96. The summed E-state index contributed by atoms with van der Waals surface area (Å²) in [5.74, 6) is -0.186. The third-order valence-corrected chi connectivity index (χ3v) is 4.46. The van der Waals surface area contributed by atoms with Gasteiger partial charge in [0, 0.05) is 23.1 Å². The summed E-state index contributed by atoms with van der Waals surface area (Å²) in [5, 5.41) is 1.31. The van der Waals surface area contributed by atoms with Crippen LogP contribution in [0, 0.1) is 5.82 Å². The predicted octanol–water partition coefficient (Wildman–Crippen LogP) is 3.88. The minimum atomic E-state index is -0.186. The lowest BCUT2D eigenvalue weighted by atomic mass is 9.93. The van der Waals surface area contributed by atoms with E-state index in [1.807, 2.05) is 12.1 Å². The SMILES string of the molecule is CN1CCc2c([nH]c3ccccc23)C1c1ccc(F)cc1. The van der Waals surface area contributed by atoms with E-state index in [1.165, 1.54) is 22.2 Å². The molecule has 0 amide bonds. The maximum atomic E-state index is 13.2. The molecule has 0 saturated heterocycles. The molecule has 1 atom stereocenters. The molecule has 106 valence electrons. The first-order chi connectivity index (χ1) is 10.2. The lowest BCUT2D eigenvalue weighted by Gasteiger charge is -2.33. The monoisotopic (exact) mass is 280 g/mol. The smallest absolute Gasteiger partial charge is 0.123 e. The molecule has 1 aliphatic heterocycles. The summed E-state index contributed by atoms with van der Waals surface area (Å²) in [6.45, 7) is 1.01. The van der Waals surface area contributed by atoms with Crippen molar-refractivity contribution >= 4 is 10.9 Å². The van der Waals surface area contributed by atoms with Gasteiger partial charge in [-0.3, -0.25) is 4.90 Å². The minimum absolute atomic E-state index is 0.168. The summed E-state index contributed by atoms with van der Waals surface area (Å²) in [6, 6.07) is 15.5. The average molecular weight is 280 g/mol. The molecule has 2 aromatic carbocycles. The van der Waals surface area contributed by atoms with Crippen LogP contribution in [0.1, 0.15) is 22.9 Å². The number of halogens is 1. The number of hydrogen-bond donors (Lipinski definition) is 1. The van der Waals surface area contributed by atoms with E-state index in [0.29, 0.717) is 0 Å². The first-order valence-corrected chi connectivity index (χ1v) is 7.29. The van der Waals surface area contributed by atoms with Crippen LogP contribution in [-0.2, 0) is 6.42 Å². The van der Waals surface area contributed by atoms with Crippen LogP contribution >= 0.6 is 0 Å². The summed E-state index contributed by atoms with van der Waals surface area (Å²) in [7, 11) is 2.13. The Bertz CT molecular complexity index is 789. The molecule has 0 saturated carbocycles. The zero-order valence-corrected chi connectivity index (χ0v) is 11.9. The number of hydrogen-bond acceptors (Lipinski definition) is 1. The Morgan fingerprint density at radius 3 is 2.67 bits per heavy atom. The molecular weight excluding hydrogens is 263 g/mol. The second-order valence-corrected chi connectivity index (χ2v) is 5.75. The fourth-order valence-electron chi connectivity index (χ4n) is 3.43. The number of fused-ring (bicyclic) bond motifs is 3. The molecule has 0 fully saturated rings. The number of aromatic nitrogens is 1. The topological polar surface area (TPSA) is 19.0 Å². The van der Waals surface area contributed by atoms with Gasteiger partial charge in [-0.2, -0.15) is 0 Å². The van der Waals surface area contributed by atoms with Crippen molar-refractivity contribution in [1.82, 2.24) is 9.88 Å². The average Bonchev–Trinajstić information content (AvgIpc) is 2.87. The first kappa shape index (κ1) is 12.6. The van der Waals surface area contributed by atoms with Crippen LogP contribution in [0.5, 0.6) is 0 Å². The summed E-state index contributed by atoms with van der Waals surface area (Å²) < 4.78 is 13.2. The van der Waals surface area contributed by atoms with Crippen LogP contribution in [0.4, 0.5) is 4.39 Å². The van der Waals surface area contributed by atoms with Gasteiger partial charge in [0.15, 0.2) is 0 Å². The number of nitrogens with zero attached hydrogens (tertiary/aromatic N) is 1. The molecular formula is C18H17FN2. The van der Waals surface area contributed by atoms with E-state index in [-0.39, 0.29) is 11.9 Å². The van der Waals surface area contributed by atoms with Crippen molar-refractivity contribution in [2.24, 2.45) is 0 Å². The zero-order chi connectivity index (χ0) is 14.4. The standard InChI is InChI=1S/C18H17FN2/c1-21-11-10-15-14-4-2-3-5-16(14)20-17(15)18(21)12-6-8-13(19)9-7-12/h2-9,18,20H,10-11H2,1H3. The van der Waals surface area contributed by atoms with Crippen molar-refractivity contribution < 1.29 is 4.39 Å². The van der Waals surface area contributed by atoms with Crippen LogP contribution in [-0.4, -0.2) is 23.5 Å². The van der Waals surface area contributed by atoms with Crippen molar-refractivity contribution in [3.8, 4) is 0 Å². The first-order valence-electron chi connectivity index (χ1n) is 7.29. The van der Waals surface area contributed by atoms with Gasteiger partial charge >= 0.3 is 0 Å². The molecule has 2 heterocycles. The van der Waals surface area contributed by atoms with Gasteiger partial charge in [0.05, 0.1) is 6.04 Å². The van der Waals surface area contributed by atoms with Crippen molar-refractivity contribution in [2.45, 2.75) is 12.5 Å². The Kier molecular flexibility index (Phi) is 2.82. The second-order valence-electron chi connectivity index (χ2n) is 5.75. The van der Waals surface area contributed by atoms with E-state index in [1.54, 1.807) is 12.1 Å². The van der Waals surface area contributed by atoms with E-state index < -0.39 is 0 Å². The van der Waals surface area contributed by atoms with Gasteiger partial charge in [0.2, 0.25) is 0 Å². The van der Waals surface area contributed by atoms with E-state index >= 15 is 0 Å². The van der Waals surface area contributed by atoms with Gasteiger partial charge in [0.25, 0.3) is 0 Å². The van der Waals surface area contributed by atoms with Gasteiger partial charge < -0.3 is 4.98 Å². The highest BCUT2D eigenvalue weighted by Gasteiger charge is 2.29. The number of benzene rings is 2. The van der Waals surface area contributed by atoms with Crippen molar-refractivity contribution in [3.05, 3.63) is 71.2 Å². The van der Waals surface area contributed by atoms with E-state index in [2.05, 4.69) is 41.2 Å². The number of para-hydroxylation sites is 1. The minimum Gasteiger partial charge on any atom is -0.357 e. The van der Waals surface area contributed by atoms with Gasteiger partial charge in [0.1, 0.15) is 5.82 Å².